The van der Waals surface area contributed by atoms with E-state index in [9.17, 15) is 9.59 Å². The Hall–Kier alpha value is -3.06. The Kier molecular flexibility index (Phi) is 8.50. The summed E-state index contributed by atoms with van der Waals surface area (Å²) in [4.78, 5) is 23.8. The molecule has 0 aromatic heterocycles. The number of amides is 2. The van der Waals surface area contributed by atoms with Crippen LogP contribution in [-0.2, 0) is 22.7 Å². The number of carbonyl (C=O) groups excluding carboxylic acids is 2. The van der Waals surface area contributed by atoms with E-state index in [1.165, 1.54) is 6.21 Å². The van der Waals surface area contributed by atoms with Gasteiger partial charge in [-0.05, 0) is 47.5 Å². The van der Waals surface area contributed by atoms with Gasteiger partial charge in [0.05, 0.1) is 6.21 Å². The van der Waals surface area contributed by atoms with Gasteiger partial charge in [0.1, 0.15) is 12.4 Å². The number of ether oxygens (including phenoxy) is 1. The highest BCUT2D eigenvalue weighted by Crippen LogP contribution is 2.23. The first-order valence-corrected chi connectivity index (χ1v) is 10.6. The molecule has 0 fully saturated rings. The zero-order valence-corrected chi connectivity index (χ0v) is 18.9. The number of rotatable bonds is 7. The zero-order valence-electron chi connectivity index (χ0n) is 16.6. The van der Waals surface area contributed by atoms with Gasteiger partial charge < -0.3 is 10.1 Å². The quantitative estimate of drug-likeness (QED) is 0.278. The van der Waals surface area contributed by atoms with Crippen LogP contribution in [0.2, 0.25) is 15.1 Å². The summed E-state index contributed by atoms with van der Waals surface area (Å²) in [6.45, 7) is 0.464. The van der Waals surface area contributed by atoms with Crippen molar-refractivity contribution in [2.24, 2.45) is 5.10 Å². The van der Waals surface area contributed by atoms with Crippen molar-refractivity contribution in [3.8, 4) is 5.75 Å². The second-order valence-electron chi connectivity index (χ2n) is 6.61. The largest absolute Gasteiger partial charge is 0.489 e. The number of nitrogens with zero attached hydrogens (tertiary/aromatic N) is 1. The van der Waals surface area contributed by atoms with Gasteiger partial charge in [-0.15, -0.1) is 0 Å². The van der Waals surface area contributed by atoms with Crippen LogP contribution in [0, 0.1) is 0 Å². The Balaban J connectivity index is 1.48. The van der Waals surface area contributed by atoms with E-state index in [0.717, 1.165) is 11.1 Å². The van der Waals surface area contributed by atoms with Crippen molar-refractivity contribution in [1.82, 2.24) is 10.7 Å². The van der Waals surface area contributed by atoms with E-state index >= 15 is 0 Å². The average Bonchev–Trinajstić information content (AvgIpc) is 2.78. The van der Waals surface area contributed by atoms with Crippen molar-refractivity contribution in [1.29, 1.82) is 0 Å². The van der Waals surface area contributed by atoms with Crippen LogP contribution in [0.3, 0.4) is 0 Å². The SMILES string of the molecule is O=C(NCc1ccc(Cl)cc1)C(=O)N/N=C\c1cccc(OCc2ccc(Cl)cc2Cl)c1. The summed E-state index contributed by atoms with van der Waals surface area (Å²) in [5.74, 6) is -1.08. The number of hydrazone groups is 1. The second-order valence-corrected chi connectivity index (χ2v) is 7.89. The standard InChI is InChI=1S/C23H18Cl3N3O3/c24-18-7-4-15(5-8-18)12-27-22(30)23(31)29-28-13-16-2-1-3-20(10-16)32-14-17-6-9-19(25)11-21(17)26/h1-11,13H,12,14H2,(H,27,30)(H,29,31)/b28-13-. The topological polar surface area (TPSA) is 79.8 Å². The fourth-order valence-corrected chi connectivity index (χ4v) is 3.15. The van der Waals surface area contributed by atoms with E-state index < -0.39 is 11.8 Å². The van der Waals surface area contributed by atoms with Crippen molar-refractivity contribution in [2.45, 2.75) is 13.2 Å². The fraction of sp³-hybridized carbons (Fsp3) is 0.0870. The van der Waals surface area contributed by atoms with Crippen LogP contribution in [0.25, 0.3) is 0 Å². The van der Waals surface area contributed by atoms with Gasteiger partial charge in [0.25, 0.3) is 0 Å². The minimum Gasteiger partial charge on any atom is -0.489 e. The lowest BCUT2D eigenvalue weighted by atomic mass is 10.2. The first-order valence-electron chi connectivity index (χ1n) is 9.43. The maximum absolute atomic E-state index is 11.9. The van der Waals surface area contributed by atoms with Crippen molar-refractivity contribution in [2.75, 3.05) is 0 Å². The molecule has 0 aliphatic rings. The van der Waals surface area contributed by atoms with Crippen molar-refractivity contribution >= 4 is 52.8 Å². The van der Waals surface area contributed by atoms with Gasteiger partial charge in [-0.2, -0.15) is 5.10 Å². The molecule has 0 bridgehead atoms. The predicted octanol–water partition coefficient (Wildman–Crippen LogP) is 4.99. The van der Waals surface area contributed by atoms with Crippen LogP contribution < -0.4 is 15.5 Å². The molecule has 0 aliphatic carbocycles. The molecule has 0 spiro atoms. The molecular weight excluding hydrogens is 473 g/mol. The van der Waals surface area contributed by atoms with E-state index in [1.807, 2.05) is 0 Å². The summed E-state index contributed by atoms with van der Waals surface area (Å²) in [5, 5.41) is 7.99. The van der Waals surface area contributed by atoms with E-state index in [1.54, 1.807) is 66.7 Å². The Morgan fingerprint density at radius 2 is 1.66 bits per heavy atom. The van der Waals surface area contributed by atoms with Gasteiger partial charge in [-0.3, -0.25) is 9.59 Å². The van der Waals surface area contributed by atoms with Crippen molar-refractivity contribution < 1.29 is 14.3 Å². The number of nitrogens with one attached hydrogen (secondary N) is 2. The molecule has 3 aromatic rings. The van der Waals surface area contributed by atoms with Crippen LogP contribution in [-0.4, -0.2) is 18.0 Å². The second kappa shape index (κ2) is 11.5. The summed E-state index contributed by atoms with van der Waals surface area (Å²) >= 11 is 17.9. The molecule has 6 nitrogen and oxygen atoms in total. The lowest BCUT2D eigenvalue weighted by molar-refractivity contribution is -0.139. The number of benzene rings is 3. The van der Waals surface area contributed by atoms with Crippen LogP contribution in [0.4, 0.5) is 0 Å². The smallest absolute Gasteiger partial charge is 0.329 e. The number of hydrogen-bond acceptors (Lipinski definition) is 4. The highest BCUT2D eigenvalue weighted by Gasteiger charge is 2.12. The third-order valence-electron chi connectivity index (χ3n) is 4.22. The van der Waals surface area contributed by atoms with E-state index in [4.69, 9.17) is 39.5 Å². The Bertz CT molecular complexity index is 1130. The highest BCUT2D eigenvalue weighted by molar-refractivity contribution is 6.35. The molecule has 164 valence electrons. The van der Waals surface area contributed by atoms with Crippen molar-refractivity contribution in [3.05, 3.63) is 98.5 Å². The molecule has 0 radical (unpaired) electrons. The molecule has 9 heteroatoms. The summed E-state index contributed by atoms with van der Waals surface area (Å²) < 4.78 is 5.75. The van der Waals surface area contributed by atoms with E-state index in [-0.39, 0.29) is 13.2 Å². The first-order chi connectivity index (χ1) is 15.4. The number of halogens is 3. The minimum absolute atomic E-state index is 0.199. The number of hydrogen-bond donors (Lipinski definition) is 2. The molecule has 0 unspecified atom stereocenters. The first kappa shape index (κ1) is 23.6. The maximum Gasteiger partial charge on any atom is 0.329 e. The molecule has 0 saturated carbocycles. The monoisotopic (exact) mass is 489 g/mol. The lowest BCUT2D eigenvalue weighted by Gasteiger charge is -2.08. The predicted molar refractivity (Wildman–Crippen MR) is 126 cm³/mol. The third-order valence-corrected chi connectivity index (χ3v) is 5.06. The lowest BCUT2D eigenvalue weighted by Crippen LogP contribution is -2.37. The summed E-state index contributed by atoms with van der Waals surface area (Å²) in [6, 6.07) is 19.2. The average molecular weight is 491 g/mol. The molecule has 2 N–H and O–H groups in total. The molecule has 3 rings (SSSR count). The molecule has 2 amide bonds. The number of carbonyl (C=O) groups is 2. The van der Waals surface area contributed by atoms with Crippen molar-refractivity contribution in [3.63, 3.8) is 0 Å². The molecule has 0 saturated heterocycles. The van der Waals surface area contributed by atoms with Crippen LogP contribution in [0.5, 0.6) is 5.75 Å². The van der Waals surface area contributed by atoms with Gasteiger partial charge in [0.15, 0.2) is 0 Å². The van der Waals surface area contributed by atoms with Crippen LogP contribution >= 0.6 is 34.8 Å². The molecular formula is C23H18Cl3N3O3. The van der Waals surface area contributed by atoms with E-state index in [2.05, 4.69) is 15.8 Å². The van der Waals surface area contributed by atoms with Gasteiger partial charge in [0, 0.05) is 27.2 Å². The van der Waals surface area contributed by atoms with Gasteiger partial charge >= 0.3 is 11.8 Å². The highest BCUT2D eigenvalue weighted by atomic mass is 35.5. The molecule has 0 atom stereocenters. The summed E-state index contributed by atoms with van der Waals surface area (Å²) in [5.41, 5.74) is 4.48. The third kappa shape index (κ3) is 7.27. The zero-order chi connectivity index (χ0) is 22.9. The maximum atomic E-state index is 11.9. The van der Waals surface area contributed by atoms with E-state index in [0.29, 0.717) is 26.4 Å². The van der Waals surface area contributed by atoms with Crippen LogP contribution in [0.15, 0.2) is 71.8 Å². The Labute approximate surface area is 200 Å². The fourth-order valence-electron chi connectivity index (χ4n) is 2.57. The Morgan fingerprint density at radius 3 is 2.41 bits per heavy atom. The van der Waals surface area contributed by atoms with Gasteiger partial charge in [-0.1, -0.05) is 65.1 Å². The minimum atomic E-state index is -0.875. The summed E-state index contributed by atoms with van der Waals surface area (Å²) in [7, 11) is 0. The molecule has 0 aliphatic heterocycles. The Morgan fingerprint density at radius 1 is 0.906 bits per heavy atom. The van der Waals surface area contributed by atoms with Crippen LogP contribution in [0.1, 0.15) is 16.7 Å². The van der Waals surface area contributed by atoms with Gasteiger partial charge in [-0.25, -0.2) is 5.43 Å². The summed E-state index contributed by atoms with van der Waals surface area (Å²) in [6.07, 6.45) is 1.41. The molecule has 0 heterocycles. The molecule has 3 aromatic carbocycles. The van der Waals surface area contributed by atoms with Gasteiger partial charge in [0.2, 0.25) is 0 Å². The normalized spacial score (nSPS) is 10.7. The molecule has 32 heavy (non-hydrogen) atoms.